The Labute approximate surface area is 137 Å². The molecule has 0 radical (unpaired) electrons. The number of hydrogen-bond donors (Lipinski definition) is 2. The van der Waals surface area contributed by atoms with E-state index in [-0.39, 0.29) is 5.82 Å². The largest absolute Gasteiger partial charge is 0.496 e. The van der Waals surface area contributed by atoms with Crippen LogP contribution in [0.25, 0.3) is 0 Å². The number of ether oxygens (including phenoxy) is 1. The lowest BCUT2D eigenvalue weighted by atomic mass is 10.1. The number of nitrogens with one attached hydrogen (secondary N) is 2. The van der Waals surface area contributed by atoms with Gasteiger partial charge in [-0.3, -0.25) is 0 Å². The van der Waals surface area contributed by atoms with Gasteiger partial charge in [-0.05, 0) is 24.3 Å². The van der Waals surface area contributed by atoms with Crippen LogP contribution in [-0.2, 0) is 13.1 Å². The zero-order chi connectivity index (χ0) is 16.1. The van der Waals surface area contributed by atoms with E-state index < -0.39 is 0 Å². The van der Waals surface area contributed by atoms with Crippen molar-refractivity contribution in [2.75, 3.05) is 33.3 Å². The molecule has 1 heterocycles. The Balaban J connectivity index is 1.51. The van der Waals surface area contributed by atoms with Crippen molar-refractivity contribution in [1.82, 2.24) is 0 Å². The van der Waals surface area contributed by atoms with Gasteiger partial charge < -0.3 is 14.5 Å². The second kappa shape index (κ2) is 7.57. The summed E-state index contributed by atoms with van der Waals surface area (Å²) in [7, 11) is 1.74. The Morgan fingerprint density at radius 1 is 0.870 bits per heavy atom. The fourth-order valence-corrected chi connectivity index (χ4v) is 3.32. The minimum Gasteiger partial charge on any atom is -0.496 e. The summed E-state index contributed by atoms with van der Waals surface area (Å²) in [6.45, 7) is 6.64. The van der Waals surface area contributed by atoms with Crippen LogP contribution in [0.4, 0.5) is 4.39 Å². The summed E-state index contributed by atoms with van der Waals surface area (Å²) in [5, 5.41) is 0. The molecule has 3 nitrogen and oxygen atoms in total. The molecule has 1 saturated heterocycles. The molecule has 0 atom stereocenters. The number of methoxy groups -OCH3 is 1. The molecular formula is C19H25FN2O+2. The Bertz CT molecular complexity index is 622. The van der Waals surface area contributed by atoms with E-state index in [4.69, 9.17) is 4.74 Å². The number of hydrogen-bond acceptors (Lipinski definition) is 1. The van der Waals surface area contributed by atoms with Gasteiger partial charge in [0.2, 0.25) is 0 Å². The van der Waals surface area contributed by atoms with Gasteiger partial charge >= 0.3 is 0 Å². The summed E-state index contributed by atoms with van der Waals surface area (Å²) in [6, 6.07) is 15.2. The monoisotopic (exact) mass is 316 g/mol. The Kier molecular flexibility index (Phi) is 5.26. The van der Waals surface area contributed by atoms with Gasteiger partial charge in [-0.15, -0.1) is 0 Å². The van der Waals surface area contributed by atoms with E-state index in [1.54, 1.807) is 29.0 Å². The minimum absolute atomic E-state index is 0.158. The molecule has 3 rings (SSSR count). The maximum Gasteiger partial charge on any atom is 0.127 e. The van der Waals surface area contributed by atoms with Crippen LogP contribution >= 0.6 is 0 Å². The number of piperazine rings is 1. The first kappa shape index (κ1) is 16.0. The number of halogens is 1. The van der Waals surface area contributed by atoms with E-state index in [9.17, 15) is 4.39 Å². The SMILES string of the molecule is COc1ccccc1C[NH+]1CC[NH+](Cc2ccc(F)cc2)CC1. The molecule has 0 aliphatic carbocycles. The zero-order valence-electron chi connectivity index (χ0n) is 13.6. The average molecular weight is 316 g/mol. The average Bonchev–Trinajstić information content (AvgIpc) is 2.59. The summed E-state index contributed by atoms with van der Waals surface area (Å²) in [5.41, 5.74) is 2.50. The van der Waals surface area contributed by atoms with Gasteiger partial charge in [0.25, 0.3) is 0 Å². The smallest absolute Gasteiger partial charge is 0.127 e. The van der Waals surface area contributed by atoms with Crippen molar-refractivity contribution < 1.29 is 18.9 Å². The molecule has 23 heavy (non-hydrogen) atoms. The molecule has 2 N–H and O–H groups in total. The molecule has 0 aromatic heterocycles. The first-order chi connectivity index (χ1) is 11.2. The van der Waals surface area contributed by atoms with Crippen molar-refractivity contribution >= 4 is 0 Å². The topological polar surface area (TPSA) is 18.1 Å². The summed E-state index contributed by atoms with van der Waals surface area (Å²) in [6.07, 6.45) is 0. The fraction of sp³-hybridized carbons (Fsp3) is 0.368. The maximum absolute atomic E-state index is 13.0. The van der Waals surface area contributed by atoms with Crippen molar-refractivity contribution in [3.63, 3.8) is 0 Å². The van der Waals surface area contributed by atoms with Crippen LogP contribution in [0, 0.1) is 5.82 Å². The summed E-state index contributed by atoms with van der Waals surface area (Å²) in [5.74, 6) is 0.830. The highest BCUT2D eigenvalue weighted by atomic mass is 19.1. The second-order valence-corrected chi connectivity index (χ2v) is 6.29. The first-order valence-electron chi connectivity index (χ1n) is 8.28. The van der Waals surface area contributed by atoms with Gasteiger partial charge in [-0.25, -0.2) is 4.39 Å². The van der Waals surface area contributed by atoms with Crippen LogP contribution in [0.5, 0.6) is 5.75 Å². The third-order valence-electron chi connectivity index (χ3n) is 4.66. The lowest BCUT2D eigenvalue weighted by Gasteiger charge is -2.30. The standard InChI is InChI=1S/C19H23FN2O/c1-23-19-5-3-2-4-17(19)15-22-12-10-21(11-13-22)14-16-6-8-18(20)9-7-16/h2-9H,10-15H2,1H3/p+2. The molecule has 1 aliphatic heterocycles. The van der Waals surface area contributed by atoms with Gasteiger partial charge in [0.1, 0.15) is 50.8 Å². The van der Waals surface area contributed by atoms with E-state index in [0.717, 1.165) is 45.0 Å². The van der Waals surface area contributed by atoms with Crippen molar-refractivity contribution in [3.8, 4) is 5.75 Å². The van der Waals surface area contributed by atoms with Gasteiger partial charge in [0.05, 0.1) is 7.11 Å². The van der Waals surface area contributed by atoms with Gasteiger partial charge in [0.15, 0.2) is 0 Å². The molecular weight excluding hydrogens is 291 g/mol. The Hall–Kier alpha value is -1.91. The maximum atomic E-state index is 13.0. The van der Waals surface area contributed by atoms with Crippen molar-refractivity contribution in [2.45, 2.75) is 13.1 Å². The molecule has 0 bridgehead atoms. The van der Waals surface area contributed by atoms with Crippen LogP contribution in [0.2, 0.25) is 0 Å². The van der Waals surface area contributed by atoms with Gasteiger partial charge in [-0.1, -0.05) is 24.3 Å². The van der Waals surface area contributed by atoms with E-state index in [1.165, 1.54) is 11.1 Å². The highest BCUT2D eigenvalue weighted by Gasteiger charge is 2.23. The van der Waals surface area contributed by atoms with Crippen molar-refractivity contribution in [2.24, 2.45) is 0 Å². The van der Waals surface area contributed by atoms with E-state index in [0.29, 0.717) is 0 Å². The van der Waals surface area contributed by atoms with Gasteiger partial charge in [0, 0.05) is 11.1 Å². The number of rotatable bonds is 5. The highest BCUT2D eigenvalue weighted by Crippen LogP contribution is 2.15. The predicted octanol–water partition coefficient (Wildman–Crippen LogP) is 0.318. The predicted molar refractivity (Wildman–Crippen MR) is 88.2 cm³/mol. The van der Waals surface area contributed by atoms with Crippen LogP contribution in [0.3, 0.4) is 0 Å². The molecule has 122 valence electrons. The lowest BCUT2D eigenvalue weighted by molar-refractivity contribution is -1.02. The third kappa shape index (κ3) is 4.30. The quantitative estimate of drug-likeness (QED) is 0.813. The number of benzene rings is 2. The van der Waals surface area contributed by atoms with Crippen molar-refractivity contribution in [1.29, 1.82) is 0 Å². The molecule has 0 amide bonds. The summed E-state index contributed by atoms with van der Waals surface area (Å²) >= 11 is 0. The molecule has 0 spiro atoms. The van der Waals surface area contributed by atoms with Crippen molar-refractivity contribution in [3.05, 3.63) is 65.5 Å². The molecule has 1 fully saturated rings. The second-order valence-electron chi connectivity index (χ2n) is 6.29. The fourth-order valence-electron chi connectivity index (χ4n) is 3.32. The first-order valence-corrected chi connectivity index (χ1v) is 8.28. The Morgan fingerprint density at radius 2 is 1.48 bits per heavy atom. The van der Waals surface area contributed by atoms with E-state index in [1.807, 2.05) is 24.3 Å². The number of para-hydroxylation sites is 1. The molecule has 0 unspecified atom stereocenters. The molecule has 2 aromatic rings. The van der Waals surface area contributed by atoms with Gasteiger partial charge in [-0.2, -0.15) is 0 Å². The van der Waals surface area contributed by atoms with Crippen LogP contribution in [0.15, 0.2) is 48.5 Å². The zero-order valence-corrected chi connectivity index (χ0v) is 13.6. The van der Waals surface area contributed by atoms with E-state index >= 15 is 0 Å². The normalized spacial score (nSPS) is 21.1. The highest BCUT2D eigenvalue weighted by molar-refractivity contribution is 5.32. The Morgan fingerprint density at radius 3 is 2.13 bits per heavy atom. The van der Waals surface area contributed by atoms with Crippen LogP contribution < -0.4 is 14.5 Å². The minimum atomic E-state index is -0.158. The summed E-state index contributed by atoms with van der Waals surface area (Å²) < 4.78 is 18.4. The van der Waals surface area contributed by atoms with Crippen LogP contribution in [0.1, 0.15) is 11.1 Å². The lowest BCUT2D eigenvalue weighted by Crippen LogP contribution is -3.27. The van der Waals surface area contributed by atoms with Crippen LogP contribution in [-0.4, -0.2) is 33.3 Å². The molecule has 4 heteroatoms. The molecule has 1 aliphatic rings. The molecule has 0 saturated carbocycles. The number of quaternary nitrogens is 2. The van der Waals surface area contributed by atoms with E-state index in [2.05, 4.69) is 12.1 Å². The molecule has 2 aromatic carbocycles. The third-order valence-corrected chi connectivity index (χ3v) is 4.66. The summed E-state index contributed by atoms with van der Waals surface area (Å²) in [4.78, 5) is 3.19.